The lowest BCUT2D eigenvalue weighted by atomic mass is 10.2. The first-order chi connectivity index (χ1) is 4.70. The molecule has 2 heteroatoms. The molecule has 2 nitrogen and oxygen atoms in total. The summed E-state index contributed by atoms with van der Waals surface area (Å²) in [5.41, 5.74) is 0. The predicted octanol–water partition coefficient (Wildman–Crippen LogP) is 2.10. The van der Waals surface area contributed by atoms with E-state index in [1.165, 1.54) is 0 Å². The summed E-state index contributed by atoms with van der Waals surface area (Å²) in [4.78, 5) is 0. The Morgan fingerprint density at radius 2 is 2.00 bits per heavy atom. The summed E-state index contributed by atoms with van der Waals surface area (Å²) >= 11 is 0. The van der Waals surface area contributed by atoms with Crippen LogP contribution in [0.5, 0.6) is 0 Å². The molecule has 0 spiro atoms. The minimum atomic E-state index is 0.0833. The van der Waals surface area contributed by atoms with Crippen molar-refractivity contribution in [3.05, 3.63) is 0 Å². The van der Waals surface area contributed by atoms with Crippen molar-refractivity contribution in [2.45, 2.75) is 45.8 Å². The van der Waals surface area contributed by atoms with Crippen LogP contribution in [0.25, 0.3) is 0 Å². The standard InChI is InChI=1S/C8H15NO/c1-4-7(2)10-8(3)5-6-9/h7-8H,4-5H2,1-3H3. The van der Waals surface area contributed by atoms with Crippen LogP contribution in [0.15, 0.2) is 0 Å². The van der Waals surface area contributed by atoms with Crippen LogP contribution in [0.2, 0.25) is 0 Å². The molecule has 0 saturated heterocycles. The van der Waals surface area contributed by atoms with Gasteiger partial charge in [0.25, 0.3) is 0 Å². The Hall–Kier alpha value is -0.550. The van der Waals surface area contributed by atoms with E-state index < -0.39 is 0 Å². The van der Waals surface area contributed by atoms with Crippen molar-refractivity contribution in [2.75, 3.05) is 0 Å². The molecule has 0 aliphatic rings. The molecule has 2 atom stereocenters. The summed E-state index contributed by atoms with van der Waals surface area (Å²) in [7, 11) is 0. The maximum Gasteiger partial charge on any atom is 0.0680 e. The molecule has 0 radical (unpaired) electrons. The van der Waals surface area contributed by atoms with Gasteiger partial charge in [0.2, 0.25) is 0 Å². The van der Waals surface area contributed by atoms with E-state index in [0.717, 1.165) is 6.42 Å². The highest BCUT2D eigenvalue weighted by atomic mass is 16.5. The first kappa shape index (κ1) is 9.45. The Bertz CT molecular complexity index is 117. The third-order valence-electron chi connectivity index (χ3n) is 1.42. The molecule has 0 saturated carbocycles. The third kappa shape index (κ3) is 4.34. The average Bonchev–Trinajstić information content (AvgIpc) is 1.88. The van der Waals surface area contributed by atoms with Gasteiger partial charge in [0.05, 0.1) is 24.7 Å². The molecule has 0 fully saturated rings. The molecule has 10 heavy (non-hydrogen) atoms. The van der Waals surface area contributed by atoms with Crippen LogP contribution in [-0.4, -0.2) is 12.2 Å². The quantitative estimate of drug-likeness (QED) is 0.600. The van der Waals surface area contributed by atoms with E-state index in [0.29, 0.717) is 6.42 Å². The highest BCUT2D eigenvalue weighted by molar-refractivity contribution is 4.73. The maximum atomic E-state index is 8.29. The van der Waals surface area contributed by atoms with E-state index in [1.807, 2.05) is 13.8 Å². The second-order valence-electron chi connectivity index (χ2n) is 2.53. The van der Waals surface area contributed by atoms with Gasteiger partial charge < -0.3 is 4.74 Å². The van der Waals surface area contributed by atoms with E-state index in [1.54, 1.807) is 0 Å². The molecule has 2 unspecified atom stereocenters. The van der Waals surface area contributed by atoms with Crippen molar-refractivity contribution in [3.8, 4) is 6.07 Å². The van der Waals surface area contributed by atoms with Gasteiger partial charge >= 0.3 is 0 Å². The monoisotopic (exact) mass is 141 g/mol. The van der Waals surface area contributed by atoms with Gasteiger partial charge in [-0.3, -0.25) is 0 Å². The summed E-state index contributed by atoms with van der Waals surface area (Å²) in [6.45, 7) is 6.02. The number of nitriles is 1. The highest BCUT2D eigenvalue weighted by Gasteiger charge is 2.04. The smallest absolute Gasteiger partial charge is 0.0680 e. The van der Waals surface area contributed by atoms with Gasteiger partial charge in [-0.1, -0.05) is 6.92 Å². The van der Waals surface area contributed by atoms with Crippen molar-refractivity contribution in [3.63, 3.8) is 0 Å². The molecular formula is C8H15NO. The van der Waals surface area contributed by atoms with E-state index >= 15 is 0 Å². The van der Waals surface area contributed by atoms with Gasteiger partial charge in [0.1, 0.15) is 0 Å². The minimum absolute atomic E-state index is 0.0833. The van der Waals surface area contributed by atoms with Gasteiger partial charge in [0, 0.05) is 0 Å². The molecule has 0 rings (SSSR count). The summed E-state index contributed by atoms with van der Waals surface area (Å²) in [6, 6.07) is 2.07. The predicted molar refractivity (Wildman–Crippen MR) is 40.5 cm³/mol. The summed E-state index contributed by atoms with van der Waals surface area (Å²) in [5.74, 6) is 0. The van der Waals surface area contributed by atoms with Crippen LogP contribution in [0.1, 0.15) is 33.6 Å². The summed E-state index contributed by atoms with van der Waals surface area (Å²) < 4.78 is 5.42. The van der Waals surface area contributed by atoms with Crippen molar-refractivity contribution < 1.29 is 4.74 Å². The van der Waals surface area contributed by atoms with E-state index in [2.05, 4.69) is 13.0 Å². The number of hydrogen-bond acceptors (Lipinski definition) is 2. The van der Waals surface area contributed by atoms with Crippen LogP contribution >= 0.6 is 0 Å². The molecule has 0 aromatic rings. The van der Waals surface area contributed by atoms with Crippen LogP contribution in [0.4, 0.5) is 0 Å². The summed E-state index contributed by atoms with van der Waals surface area (Å²) in [5, 5.41) is 8.29. The molecule has 58 valence electrons. The zero-order valence-corrected chi connectivity index (χ0v) is 6.92. The molecule has 0 N–H and O–H groups in total. The van der Waals surface area contributed by atoms with E-state index in [-0.39, 0.29) is 12.2 Å². The van der Waals surface area contributed by atoms with Crippen LogP contribution in [0.3, 0.4) is 0 Å². The van der Waals surface area contributed by atoms with Gasteiger partial charge in [-0.25, -0.2) is 0 Å². The molecule has 0 amide bonds. The molecule has 0 aliphatic carbocycles. The number of rotatable bonds is 4. The lowest BCUT2D eigenvalue weighted by molar-refractivity contribution is 0.00954. The Balaban J connectivity index is 3.38. The summed E-state index contributed by atoms with van der Waals surface area (Å²) in [6.07, 6.45) is 1.86. The fourth-order valence-electron chi connectivity index (χ4n) is 0.669. The Morgan fingerprint density at radius 3 is 2.40 bits per heavy atom. The first-order valence-electron chi connectivity index (χ1n) is 3.73. The Morgan fingerprint density at radius 1 is 1.40 bits per heavy atom. The lowest BCUT2D eigenvalue weighted by Gasteiger charge is -2.14. The van der Waals surface area contributed by atoms with Gasteiger partial charge in [0.15, 0.2) is 0 Å². The molecular weight excluding hydrogens is 126 g/mol. The third-order valence-corrected chi connectivity index (χ3v) is 1.42. The highest BCUT2D eigenvalue weighted by Crippen LogP contribution is 2.03. The molecule has 0 aromatic carbocycles. The van der Waals surface area contributed by atoms with Gasteiger partial charge in [-0.15, -0.1) is 0 Å². The molecule has 0 aromatic heterocycles. The van der Waals surface area contributed by atoms with E-state index in [9.17, 15) is 0 Å². The molecule has 0 bridgehead atoms. The Kier molecular flexibility index (Phi) is 4.96. The number of nitrogens with zero attached hydrogens (tertiary/aromatic N) is 1. The number of hydrogen-bond donors (Lipinski definition) is 0. The second-order valence-corrected chi connectivity index (χ2v) is 2.53. The average molecular weight is 141 g/mol. The van der Waals surface area contributed by atoms with Crippen molar-refractivity contribution >= 4 is 0 Å². The normalized spacial score (nSPS) is 15.8. The first-order valence-corrected chi connectivity index (χ1v) is 3.73. The molecule has 0 aliphatic heterocycles. The van der Waals surface area contributed by atoms with Crippen LogP contribution < -0.4 is 0 Å². The number of ether oxygens (including phenoxy) is 1. The maximum absolute atomic E-state index is 8.29. The topological polar surface area (TPSA) is 33.0 Å². The van der Waals surface area contributed by atoms with Gasteiger partial charge in [-0.05, 0) is 20.3 Å². The van der Waals surface area contributed by atoms with Gasteiger partial charge in [-0.2, -0.15) is 5.26 Å². The SMILES string of the molecule is CCC(C)OC(C)CC#N. The zero-order valence-electron chi connectivity index (χ0n) is 6.92. The largest absolute Gasteiger partial charge is 0.375 e. The minimum Gasteiger partial charge on any atom is -0.375 e. The second kappa shape index (κ2) is 5.25. The molecule has 0 heterocycles. The van der Waals surface area contributed by atoms with Crippen LogP contribution in [-0.2, 0) is 4.74 Å². The van der Waals surface area contributed by atoms with Crippen molar-refractivity contribution in [2.24, 2.45) is 0 Å². The Labute approximate surface area is 62.8 Å². The van der Waals surface area contributed by atoms with E-state index in [4.69, 9.17) is 10.00 Å². The lowest BCUT2D eigenvalue weighted by Crippen LogP contribution is -2.15. The fraction of sp³-hybridized carbons (Fsp3) is 0.875. The van der Waals surface area contributed by atoms with Crippen LogP contribution in [0, 0.1) is 11.3 Å². The van der Waals surface area contributed by atoms with Crippen molar-refractivity contribution in [1.29, 1.82) is 5.26 Å². The van der Waals surface area contributed by atoms with Crippen molar-refractivity contribution in [1.82, 2.24) is 0 Å². The fourth-order valence-corrected chi connectivity index (χ4v) is 0.669. The zero-order chi connectivity index (χ0) is 7.98.